The van der Waals surface area contributed by atoms with Crippen molar-refractivity contribution in [1.82, 2.24) is 4.90 Å². The van der Waals surface area contributed by atoms with E-state index in [-0.39, 0.29) is 0 Å². The molecule has 0 heterocycles. The molecule has 2 nitrogen and oxygen atoms in total. The molecule has 1 aromatic carbocycles. The first-order valence-corrected chi connectivity index (χ1v) is 6.22. The van der Waals surface area contributed by atoms with Crippen LogP contribution in [0.2, 0.25) is 0 Å². The van der Waals surface area contributed by atoms with Crippen LogP contribution in [0.15, 0.2) is 30.3 Å². The number of rotatable bonds is 8. The van der Waals surface area contributed by atoms with E-state index >= 15 is 0 Å². The lowest BCUT2D eigenvalue weighted by atomic mass is 10.1. The minimum absolute atomic E-state index is 0.577. The average Bonchev–Trinajstić information content (AvgIpc) is 2.33. The highest BCUT2D eigenvalue weighted by molar-refractivity contribution is 6.17. The van der Waals surface area contributed by atoms with E-state index in [4.69, 9.17) is 16.3 Å². The van der Waals surface area contributed by atoms with Crippen LogP contribution in [0, 0.1) is 0 Å². The van der Waals surface area contributed by atoms with Gasteiger partial charge in [0.25, 0.3) is 0 Å². The smallest absolute Gasteiger partial charge is 0.0602 e. The highest BCUT2D eigenvalue weighted by Gasteiger charge is 1.98. The van der Waals surface area contributed by atoms with Gasteiger partial charge in [-0.25, -0.2) is 0 Å². The lowest BCUT2D eigenvalue weighted by Crippen LogP contribution is -2.25. The van der Waals surface area contributed by atoms with Crippen molar-refractivity contribution in [2.24, 2.45) is 0 Å². The molecule has 1 rings (SSSR count). The maximum Gasteiger partial charge on any atom is 0.0602 e. The van der Waals surface area contributed by atoms with Gasteiger partial charge >= 0.3 is 0 Å². The molecular weight excluding hydrogens is 222 g/mol. The van der Waals surface area contributed by atoms with Crippen molar-refractivity contribution in [3.05, 3.63) is 35.9 Å². The van der Waals surface area contributed by atoms with Crippen LogP contribution in [0.25, 0.3) is 0 Å². The third kappa shape index (κ3) is 6.11. The fraction of sp³-hybridized carbons (Fsp3) is 0.538. The van der Waals surface area contributed by atoms with Gasteiger partial charge in [-0.1, -0.05) is 30.3 Å². The summed E-state index contributed by atoms with van der Waals surface area (Å²) in [6.45, 7) is 3.43. The second-order valence-electron chi connectivity index (χ2n) is 3.84. The molecule has 0 aliphatic carbocycles. The van der Waals surface area contributed by atoms with Crippen molar-refractivity contribution >= 4 is 11.6 Å². The van der Waals surface area contributed by atoms with E-state index in [0.717, 1.165) is 26.1 Å². The van der Waals surface area contributed by atoms with Crippen LogP contribution in [0.4, 0.5) is 0 Å². The second-order valence-corrected chi connectivity index (χ2v) is 4.22. The summed E-state index contributed by atoms with van der Waals surface area (Å²) in [7, 11) is 2.12. The van der Waals surface area contributed by atoms with Gasteiger partial charge in [0.15, 0.2) is 0 Å². The Morgan fingerprint density at radius 3 is 2.56 bits per heavy atom. The third-order valence-electron chi connectivity index (χ3n) is 2.46. The highest BCUT2D eigenvalue weighted by Crippen LogP contribution is 2.00. The van der Waals surface area contributed by atoms with Crippen molar-refractivity contribution in [3.63, 3.8) is 0 Å². The number of likely N-dealkylation sites (N-methyl/N-ethyl adjacent to an activating group) is 1. The SMILES string of the molecule is CN(CCOCCCl)CCc1ccccc1. The van der Waals surface area contributed by atoms with Gasteiger partial charge in [0.2, 0.25) is 0 Å². The first-order valence-electron chi connectivity index (χ1n) is 5.69. The molecule has 3 heteroatoms. The predicted octanol–water partition coefficient (Wildman–Crippen LogP) is 2.42. The van der Waals surface area contributed by atoms with Gasteiger partial charge in [0.1, 0.15) is 0 Å². The number of hydrogen-bond donors (Lipinski definition) is 0. The van der Waals surface area contributed by atoms with Crippen LogP contribution in [-0.2, 0) is 11.2 Å². The Labute approximate surface area is 103 Å². The summed E-state index contributed by atoms with van der Waals surface area (Å²) in [6, 6.07) is 10.5. The molecule has 0 aromatic heterocycles. The van der Waals surface area contributed by atoms with Gasteiger partial charge in [0.05, 0.1) is 13.2 Å². The second kappa shape index (κ2) is 8.57. The molecule has 0 spiro atoms. The first kappa shape index (κ1) is 13.5. The molecule has 0 fully saturated rings. The quantitative estimate of drug-likeness (QED) is 0.512. The molecule has 0 amide bonds. The Morgan fingerprint density at radius 2 is 1.88 bits per heavy atom. The zero-order valence-electron chi connectivity index (χ0n) is 9.86. The lowest BCUT2D eigenvalue weighted by molar-refractivity contribution is 0.124. The highest BCUT2D eigenvalue weighted by atomic mass is 35.5. The van der Waals surface area contributed by atoms with Crippen molar-refractivity contribution in [3.8, 4) is 0 Å². The molecule has 0 saturated carbocycles. The van der Waals surface area contributed by atoms with Gasteiger partial charge in [-0.2, -0.15) is 0 Å². The van der Waals surface area contributed by atoms with Crippen LogP contribution < -0.4 is 0 Å². The number of ether oxygens (including phenoxy) is 1. The van der Waals surface area contributed by atoms with Crippen LogP contribution in [0.1, 0.15) is 5.56 Å². The molecule has 0 unspecified atom stereocenters. The van der Waals surface area contributed by atoms with E-state index in [9.17, 15) is 0 Å². The van der Waals surface area contributed by atoms with Crippen molar-refractivity contribution in [1.29, 1.82) is 0 Å². The first-order chi connectivity index (χ1) is 7.83. The molecule has 0 radical (unpaired) electrons. The number of hydrogen-bond acceptors (Lipinski definition) is 2. The fourth-order valence-electron chi connectivity index (χ4n) is 1.45. The summed E-state index contributed by atoms with van der Waals surface area (Å²) in [5.41, 5.74) is 1.39. The Morgan fingerprint density at radius 1 is 1.12 bits per heavy atom. The van der Waals surface area contributed by atoms with Crippen molar-refractivity contribution < 1.29 is 4.74 Å². The normalized spacial score (nSPS) is 10.9. The zero-order valence-corrected chi connectivity index (χ0v) is 10.6. The number of nitrogens with zero attached hydrogens (tertiary/aromatic N) is 1. The third-order valence-corrected chi connectivity index (χ3v) is 2.62. The molecule has 0 aliphatic heterocycles. The Balaban J connectivity index is 2.08. The van der Waals surface area contributed by atoms with E-state index in [0.29, 0.717) is 12.5 Å². The molecule has 0 N–H and O–H groups in total. The van der Waals surface area contributed by atoms with Gasteiger partial charge < -0.3 is 9.64 Å². The van der Waals surface area contributed by atoms with Gasteiger partial charge in [-0.05, 0) is 19.0 Å². The Kier molecular flexibility index (Phi) is 7.23. The van der Waals surface area contributed by atoms with Crippen LogP contribution in [0.3, 0.4) is 0 Å². The molecule has 90 valence electrons. The average molecular weight is 242 g/mol. The summed E-state index contributed by atoms with van der Waals surface area (Å²) in [4.78, 5) is 2.28. The maximum atomic E-state index is 5.52. The fourth-order valence-corrected chi connectivity index (χ4v) is 1.56. The summed E-state index contributed by atoms with van der Waals surface area (Å²) in [6.07, 6.45) is 1.09. The largest absolute Gasteiger partial charge is 0.379 e. The molecular formula is C13H20ClNO. The molecule has 0 saturated heterocycles. The van der Waals surface area contributed by atoms with Gasteiger partial charge in [0, 0.05) is 19.0 Å². The lowest BCUT2D eigenvalue weighted by Gasteiger charge is -2.16. The Bertz CT molecular complexity index is 266. The summed E-state index contributed by atoms with van der Waals surface area (Å²) in [5.74, 6) is 0.577. The summed E-state index contributed by atoms with van der Waals surface area (Å²) < 4.78 is 5.33. The maximum absolute atomic E-state index is 5.52. The van der Waals surface area contributed by atoms with Crippen LogP contribution in [-0.4, -0.2) is 44.1 Å². The predicted molar refractivity (Wildman–Crippen MR) is 69.2 cm³/mol. The summed E-state index contributed by atoms with van der Waals surface area (Å²) >= 11 is 5.52. The zero-order chi connectivity index (χ0) is 11.6. The standard InChI is InChI=1S/C13H20ClNO/c1-15(10-12-16-11-8-14)9-7-13-5-3-2-4-6-13/h2-6H,7-12H2,1H3. The van der Waals surface area contributed by atoms with Crippen molar-refractivity contribution in [2.45, 2.75) is 6.42 Å². The number of benzene rings is 1. The van der Waals surface area contributed by atoms with E-state index in [2.05, 4.69) is 36.2 Å². The molecule has 16 heavy (non-hydrogen) atoms. The van der Waals surface area contributed by atoms with Crippen LogP contribution >= 0.6 is 11.6 Å². The number of halogens is 1. The molecule has 0 bridgehead atoms. The minimum Gasteiger partial charge on any atom is -0.379 e. The van der Waals surface area contributed by atoms with Gasteiger partial charge in [-0.3, -0.25) is 0 Å². The van der Waals surface area contributed by atoms with E-state index in [1.54, 1.807) is 0 Å². The Hall–Kier alpha value is -0.570. The summed E-state index contributed by atoms with van der Waals surface area (Å²) in [5, 5.41) is 0. The molecule has 0 aliphatic rings. The molecule has 0 atom stereocenters. The van der Waals surface area contributed by atoms with Crippen LogP contribution in [0.5, 0.6) is 0 Å². The van der Waals surface area contributed by atoms with E-state index in [1.165, 1.54) is 5.56 Å². The van der Waals surface area contributed by atoms with Crippen molar-refractivity contribution in [2.75, 3.05) is 39.2 Å². The number of alkyl halides is 1. The molecule has 1 aromatic rings. The monoisotopic (exact) mass is 241 g/mol. The van der Waals surface area contributed by atoms with E-state index in [1.807, 2.05) is 6.07 Å². The topological polar surface area (TPSA) is 12.5 Å². The van der Waals surface area contributed by atoms with E-state index < -0.39 is 0 Å². The minimum atomic E-state index is 0.577. The van der Waals surface area contributed by atoms with Gasteiger partial charge in [-0.15, -0.1) is 11.6 Å².